The molecule has 3 heterocycles. The number of nitrogens with zero attached hydrogens (tertiary/aromatic N) is 3. The Morgan fingerprint density at radius 2 is 1.82 bits per heavy atom. The summed E-state index contributed by atoms with van der Waals surface area (Å²) in [5, 5.41) is 13.9. The predicted molar refractivity (Wildman–Crippen MR) is 124 cm³/mol. The molecule has 2 fully saturated rings. The molecule has 2 saturated heterocycles. The van der Waals surface area contributed by atoms with Gasteiger partial charge in [-0.3, -0.25) is 14.4 Å². The van der Waals surface area contributed by atoms with Crippen molar-refractivity contribution < 1.29 is 19.1 Å². The van der Waals surface area contributed by atoms with E-state index in [9.17, 15) is 14.4 Å². The Morgan fingerprint density at radius 3 is 2.52 bits per heavy atom. The number of rotatable bonds is 7. The van der Waals surface area contributed by atoms with Gasteiger partial charge in [0.25, 0.3) is 11.8 Å². The van der Waals surface area contributed by atoms with Gasteiger partial charge in [-0.1, -0.05) is 29.0 Å². The van der Waals surface area contributed by atoms with E-state index in [4.69, 9.17) is 4.74 Å². The minimum absolute atomic E-state index is 0.0450. The first-order chi connectivity index (χ1) is 16.0. The fourth-order valence-electron chi connectivity index (χ4n) is 4.07. The Morgan fingerprint density at radius 1 is 1.09 bits per heavy atom. The molecule has 3 amide bonds. The van der Waals surface area contributed by atoms with Crippen LogP contribution in [-0.4, -0.2) is 65.2 Å². The average molecular weight is 472 g/mol. The van der Waals surface area contributed by atoms with Gasteiger partial charge in [0, 0.05) is 38.3 Å². The lowest BCUT2D eigenvalue weighted by Gasteiger charge is -2.31. The number of ether oxygens (including phenoxy) is 1. The average Bonchev–Trinajstić information content (AvgIpc) is 3.52. The van der Waals surface area contributed by atoms with E-state index < -0.39 is 0 Å². The van der Waals surface area contributed by atoms with Gasteiger partial charge < -0.3 is 20.3 Å². The van der Waals surface area contributed by atoms with E-state index in [0.717, 1.165) is 49.2 Å². The lowest BCUT2D eigenvalue weighted by molar-refractivity contribution is -0.122. The maximum Gasteiger partial charge on any atom is 0.286 e. The van der Waals surface area contributed by atoms with Crippen LogP contribution in [0.5, 0.6) is 0 Å². The number of anilines is 1. The largest absolute Gasteiger partial charge is 0.376 e. The second-order valence-electron chi connectivity index (χ2n) is 8.61. The molecular weight excluding hydrogens is 442 g/mol. The number of hydrogen-bond donors (Lipinski definition) is 2. The van der Waals surface area contributed by atoms with Gasteiger partial charge in [-0.05, 0) is 50.7 Å². The van der Waals surface area contributed by atoms with Crippen LogP contribution in [0.4, 0.5) is 5.69 Å². The molecule has 9 nitrogen and oxygen atoms in total. The van der Waals surface area contributed by atoms with Crippen LogP contribution in [0.1, 0.15) is 57.3 Å². The molecule has 1 aromatic heterocycles. The summed E-state index contributed by atoms with van der Waals surface area (Å²) in [7, 11) is 0. The van der Waals surface area contributed by atoms with Gasteiger partial charge in [-0.15, -0.1) is 10.2 Å². The summed E-state index contributed by atoms with van der Waals surface area (Å²) in [4.78, 5) is 39.2. The summed E-state index contributed by atoms with van der Waals surface area (Å²) < 4.78 is 5.53. The van der Waals surface area contributed by atoms with Crippen LogP contribution in [-0.2, 0) is 9.53 Å². The first-order valence-electron chi connectivity index (χ1n) is 11.4. The normalized spacial score (nSPS) is 18.8. The number of likely N-dealkylation sites (tertiary alicyclic amines) is 1. The molecule has 2 aliphatic heterocycles. The third kappa shape index (κ3) is 6.35. The molecule has 10 heteroatoms. The Balaban J connectivity index is 1.22. The van der Waals surface area contributed by atoms with E-state index in [1.165, 1.54) is 0 Å². The summed E-state index contributed by atoms with van der Waals surface area (Å²) in [6, 6.07) is 7.43. The highest BCUT2D eigenvalue weighted by atomic mass is 32.1. The maximum absolute atomic E-state index is 12.8. The van der Waals surface area contributed by atoms with Crippen LogP contribution in [0.2, 0.25) is 0 Å². The second kappa shape index (κ2) is 10.8. The molecular formula is C23H29N5O4S. The van der Waals surface area contributed by atoms with E-state index >= 15 is 0 Å². The van der Waals surface area contributed by atoms with Crippen LogP contribution in [0.25, 0.3) is 0 Å². The third-order valence-electron chi connectivity index (χ3n) is 6.04. The van der Waals surface area contributed by atoms with E-state index in [0.29, 0.717) is 31.7 Å². The molecule has 33 heavy (non-hydrogen) atoms. The SMILES string of the molecule is Cc1ccc(NC(=O)c2nnc(C(=O)N3CCC(CC(=O)NC[C@@H]4CCCO4)CC3)s2)cc1. The molecule has 176 valence electrons. The molecule has 0 saturated carbocycles. The Bertz CT molecular complexity index is 979. The van der Waals surface area contributed by atoms with Crippen molar-refractivity contribution >= 4 is 34.7 Å². The number of carbonyl (C=O) groups is 3. The highest BCUT2D eigenvalue weighted by Gasteiger charge is 2.28. The summed E-state index contributed by atoms with van der Waals surface area (Å²) in [5.74, 6) is -0.307. The third-order valence-corrected chi connectivity index (χ3v) is 6.95. The van der Waals surface area contributed by atoms with Crippen LogP contribution in [0.3, 0.4) is 0 Å². The number of aromatic nitrogens is 2. The minimum atomic E-state index is -0.386. The lowest BCUT2D eigenvalue weighted by Crippen LogP contribution is -2.40. The van der Waals surface area contributed by atoms with Crippen molar-refractivity contribution in [3.8, 4) is 0 Å². The van der Waals surface area contributed by atoms with Crippen LogP contribution in [0.15, 0.2) is 24.3 Å². The van der Waals surface area contributed by atoms with Gasteiger partial charge in [0.15, 0.2) is 0 Å². The minimum Gasteiger partial charge on any atom is -0.376 e. The smallest absolute Gasteiger partial charge is 0.286 e. The highest BCUT2D eigenvalue weighted by Crippen LogP contribution is 2.23. The van der Waals surface area contributed by atoms with Crippen LogP contribution >= 0.6 is 11.3 Å². The van der Waals surface area contributed by atoms with Gasteiger partial charge in [-0.25, -0.2) is 0 Å². The summed E-state index contributed by atoms with van der Waals surface area (Å²) >= 11 is 0.994. The number of carbonyl (C=O) groups excluding carboxylic acids is 3. The van der Waals surface area contributed by atoms with E-state index in [-0.39, 0.29) is 39.8 Å². The van der Waals surface area contributed by atoms with Gasteiger partial charge in [0.05, 0.1) is 6.10 Å². The van der Waals surface area contributed by atoms with E-state index in [1.807, 2.05) is 31.2 Å². The number of aryl methyl sites for hydroxylation is 1. The van der Waals surface area contributed by atoms with Gasteiger partial charge in [0.1, 0.15) is 0 Å². The Labute approximate surface area is 196 Å². The molecule has 4 rings (SSSR count). The molecule has 2 aliphatic rings. The molecule has 2 N–H and O–H groups in total. The maximum atomic E-state index is 12.8. The highest BCUT2D eigenvalue weighted by molar-refractivity contribution is 7.15. The van der Waals surface area contributed by atoms with Crippen molar-refractivity contribution in [1.29, 1.82) is 0 Å². The predicted octanol–water partition coefficient (Wildman–Crippen LogP) is 2.64. The second-order valence-corrected chi connectivity index (χ2v) is 9.59. The fourth-order valence-corrected chi connectivity index (χ4v) is 4.77. The summed E-state index contributed by atoms with van der Waals surface area (Å²) in [5.41, 5.74) is 1.76. The van der Waals surface area contributed by atoms with E-state index in [2.05, 4.69) is 20.8 Å². The van der Waals surface area contributed by atoms with Crippen molar-refractivity contribution in [2.45, 2.75) is 45.1 Å². The number of benzene rings is 1. The van der Waals surface area contributed by atoms with Crippen molar-refractivity contribution in [3.63, 3.8) is 0 Å². The zero-order chi connectivity index (χ0) is 23.2. The van der Waals surface area contributed by atoms with Crippen molar-refractivity contribution in [1.82, 2.24) is 20.4 Å². The number of piperidine rings is 1. The van der Waals surface area contributed by atoms with Crippen molar-refractivity contribution in [2.75, 3.05) is 31.6 Å². The summed E-state index contributed by atoms with van der Waals surface area (Å²) in [6.45, 7) is 4.45. The number of nitrogens with one attached hydrogen (secondary N) is 2. The van der Waals surface area contributed by atoms with Crippen LogP contribution < -0.4 is 10.6 Å². The molecule has 0 radical (unpaired) electrons. The number of hydrogen-bond acceptors (Lipinski definition) is 7. The molecule has 1 atom stereocenters. The topological polar surface area (TPSA) is 114 Å². The Hall–Kier alpha value is -2.85. The standard InChI is InChI=1S/C23H29N5O4S/c1-15-4-6-17(7-5-15)25-20(30)21-26-27-22(33-21)23(31)28-10-8-16(9-11-28)13-19(29)24-14-18-3-2-12-32-18/h4-7,16,18H,2-3,8-14H2,1H3,(H,24,29)(H,25,30)/t18-/m0/s1. The zero-order valence-electron chi connectivity index (χ0n) is 18.7. The van der Waals surface area contributed by atoms with Gasteiger partial charge in [-0.2, -0.15) is 0 Å². The quantitative estimate of drug-likeness (QED) is 0.642. The Kier molecular flexibility index (Phi) is 7.66. The molecule has 0 unspecified atom stereocenters. The fraction of sp³-hybridized carbons (Fsp3) is 0.522. The molecule has 0 spiro atoms. The van der Waals surface area contributed by atoms with Gasteiger partial charge in [0.2, 0.25) is 15.9 Å². The summed E-state index contributed by atoms with van der Waals surface area (Å²) in [6.07, 6.45) is 4.19. The first kappa shape index (κ1) is 23.3. The van der Waals surface area contributed by atoms with Gasteiger partial charge >= 0.3 is 0 Å². The monoisotopic (exact) mass is 471 g/mol. The first-order valence-corrected chi connectivity index (χ1v) is 12.2. The van der Waals surface area contributed by atoms with E-state index in [1.54, 1.807) is 4.90 Å². The molecule has 0 bridgehead atoms. The van der Waals surface area contributed by atoms with Crippen molar-refractivity contribution in [2.24, 2.45) is 5.92 Å². The molecule has 0 aliphatic carbocycles. The molecule has 2 aromatic rings. The number of amides is 3. The molecule has 1 aromatic carbocycles. The van der Waals surface area contributed by atoms with Crippen LogP contribution in [0, 0.1) is 12.8 Å². The lowest BCUT2D eigenvalue weighted by atomic mass is 9.93. The van der Waals surface area contributed by atoms with Crippen molar-refractivity contribution in [3.05, 3.63) is 39.8 Å². The zero-order valence-corrected chi connectivity index (χ0v) is 19.5.